The molecule has 8 heteroatoms. The van der Waals surface area contributed by atoms with Crippen LogP contribution >= 0.6 is 0 Å². The minimum atomic E-state index is -4.37. The van der Waals surface area contributed by atoms with Crippen molar-refractivity contribution in [3.05, 3.63) is 28.2 Å². The van der Waals surface area contributed by atoms with E-state index in [1.54, 1.807) is 4.90 Å². The number of pyridine rings is 1. The third-order valence-electron chi connectivity index (χ3n) is 3.07. The van der Waals surface area contributed by atoms with E-state index in [0.717, 1.165) is 0 Å². The van der Waals surface area contributed by atoms with Crippen LogP contribution in [0.3, 0.4) is 0 Å². The molecule has 0 bridgehead atoms. The summed E-state index contributed by atoms with van der Waals surface area (Å²) >= 11 is 0. The Balaban J connectivity index is 2.03. The molecule has 0 radical (unpaired) electrons. The number of nitrogens with one attached hydrogen (secondary N) is 1. The summed E-state index contributed by atoms with van der Waals surface area (Å²) in [5.41, 5.74) is 0.237. The lowest BCUT2D eigenvalue weighted by molar-refractivity contribution is -0.237. The molecule has 0 aliphatic carbocycles. The number of hydrogen-bond donors (Lipinski definition) is 1. The van der Waals surface area contributed by atoms with E-state index in [1.165, 1.54) is 19.4 Å². The first-order valence-corrected chi connectivity index (χ1v) is 6.06. The van der Waals surface area contributed by atoms with Gasteiger partial charge < -0.3 is 14.5 Å². The number of halogens is 3. The van der Waals surface area contributed by atoms with E-state index in [1.807, 2.05) is 0 Å². The monoisotopic (exact) mass is 292 g/mol. The average Bonchev–Trinajstić information content (AvgIpc) is 2.38. The van der Waals surface area contributed by atoms with Crippen LogP contribution < -0.4 is 10.2 Å². The van der Waals surface area contributed by atoms with Gasteiger partial charge in [0.15, 0.2) is 11.9 Å². The number of ether oxygens (including phenoxy) is 2. The summed E-state index contributed by atoms with van der Waals surface area (Å²) in [5.74, 6) is 0.170. The van der Waals surface area contributed by atoms with Crippen molar-refractivity contribution in [2.24, 2.45) is 0 Å². The molecule has 0 aromatic carbocycles. The molecule has 1 aliphatic heterocycles. The van der Waals surface area contributed by atoms with Crippen molar-refractivity contribution in [3.8, 4) is 5.75 Å². The largest absolute Gasteiger partial charge is 0.491 e. The fraction of sp³-hybridized carbons (Fsp3) is 0.583. The highest BCUT2D eigenvalue weighted by Gasteiger charge is 2.43. The van der Waals surface area contributed by atoms with E-state index < -0.39 is 12.3 Å². The third kappa shape index (κ3) is 3.51. The molecule has 1 N–H and O–H groups in total. The van der Waals surface area contributed by atoms with E-state index in [9.17, 15) is 18.0 Å². The van der Waals surface area contributed by atoms with E-state index in [2.05, 4.69) is 4.98 Å². The summed E-state index contributed by atoms with van der Waals surface area (Å²) in [5, 5.41) is 0. The standard InChI is InChI=1S/C12H15F3N2O3/c1-19-10-5-16-8(4-9(10)18)6-17-2-3-20-11(7-17)12(13,14)15/h4-5,11H,2-3,6-7H2,1H3,(H,16,18)/t11-/m1/s1. The van der Waals surface area contributed by atoms with Gasteiger partial charge in [0.2, 0.25) is 5.43 Å². The minimum absolute atomic E-state index is 0.0184. The van der Waals surface area contributed by atoms with Crippen LogP contribution in [0.15, 0.2) is 17.1 Å². The van der Waals surface area contributed by atoms with Gasteiger partial charge in [0.25, 0.3) is 0 Å². The number of morpholine rings is 1. The maximum absolute atomic E-state index is 12.6. The van der Waals surface area contributed by atoms with Crippen molar-refractivity contribution >= 4 is 0 Å². The predicted molar refractivity (Wildman–Crippen MR) is 64.7 cm³/mol. The second-order valence-electron chi connectivity index (χ2n) is 4.53. The Kier molecular flexibility index (Phi) is 4.34. The van der Waals surface area contributed by atoms with Gasteiger partial charge in [-0.3, -0.25) is 9.69 Å². The molecule has 112 valence electrons. The van der Waals surface area contributed by atoms with Crippen LogP contribution in [-0.2, 0) is 11.3 Å². The Hall–Kier alpha value is -1.54. The first kappa shape index (κ1) is 14.9. The molecule has 1 fully saturated rings. The smallest absolute Gasteiger partial charge is 0.415 e. The van der Waals surface area contributed by atoms with Crippen molar-refractivity contribution in [2.75, 3.05) is 26.8 Å². The summed E-state index contributed by atoms with van der Waals surface area (Å²) in [6.45, 7) is 0.401. The van der Waals surface area contributed by atoms with Gasteiger partial charge in [0.05, 0.1) is 13.7 Å². The molecule has 1 atom stereocenters. The minimum Gasteiger partial charge on any atom is -0.491 e. The number of rotatable bonds is 3. The molecule has 0 spiro atoms. The highest BCUT2D eigenvalue weighted by molar-refractivity contribution is 5.20. The molecule has 20 heavy (non-hydrogen) atoms. The number of H-pyrrole nitrogens is 1. The van der Waals surface area contributed by atoms with Crippen LogP contribution in [0.4, 0.5) is 13.2 Å². The van der Waals surface area contributed by atoms with Gasteiger partial charge in [0, 0.05) is 37.6 Å². The molecule has 5 nitrogen and oxygen atoms in total. The fourth-order valence-electron chi connectivity index (χ4n) is 2.04. The predicted octanol–water partition coefficient (Wildman–Crippen LogP) is 1.15. The number of nitrogens with zero attached hydrogens (tertiary/aromatic N) is 1. The molecule has 0 amide bonds. The molecule has 0 unspecified atom stereocenters. The van der Waals surface area contributed by atoms with Crippen molar-refractivity contribution in [1.29, 1.82) is 0 Å². The zero-order valence-corrected chi connectivity index (χ0v) is 10.9. The lowest BCUT2D eigenvalue weighted by atomic mass is 10.2. The molecule has 2 heterocycles. The molecule has 1 saturated heterocycles. The van der Waals surface area contributed by atoms with Crippen LogP contribution in [0.25, 0.3) is 0 Å². The van der Waals surface area contributed by atoms with Gasteiger partial charge in [-0.05, 0) is 0 Å². The molecule has 2 rings (SSSR count). The van der Waals surface area contributed by atoms with Gasteiger partial charge in [-0.25, -0.2) is 0 Å². The molecule has 1 aromatic rings. The van der Waals surface area contributed by atoms with E-state index >= 15 is 0 Å². The van der Waals surface area contributed by atoms with Crippen LogP contribution in [0.1, 0.15) is 5.69 Å². The van der Waals surface area contributed by atoms with Gasteiger partial charge in [-0.1, -0.05) is 0 Å². The van der Waals surface area contributed by atoms with Crippen molar-refractivity contribution in [1.82, 2.24) is 9.88 Å². The summed E-state index contributed by atoms with van der Waals surface area (Å²) < 4.78 is 47.3. The van der Waals surface area contributed by atoms with Crippen LogP contribution in [0.2, 0.25) is 0 Å². The molecule has 1 aliphatic rings. The topological polar surface area (TPSA) is 54.6 Å². The quantitative estimate of drug-likeness (QED) is 0.908. The second kappa shape index (κ2) is 5.84. The summed E-state index contributed by atoms with van der Waals surface area (Å²) in [4.78, 5) is 16.0. The summed E-state index contributed by atoms with van der Waals surface area (Å²) in [6, 6.07) is 1.33. The van der Waals surface area contributed by atoms with Crippen LogP contribution in [0.5, 0.6) is 5.75 Å². The first-order valence-electron chi connectivity index (χ1n) is 6.06. The summed E-state index contributed by atoms with van der Waals surface area (Å²) in [7, 11) is 1.38. The average molecular weight is 292 g/mol. The fourth-order valence-corrected chi connectivity index (χ4v) is 2.04. The Morgan fingerprint density at radius 2 is 2.30 bits per heavy atom. The summed E-state index contributed by atoms with van der Waals surface area (Å²) in [6.07, 6.45) is -4.74. The van der Waals surface area contributed by atoms with Crippen molar-refractivity contribution in [2.45, 2.75) is 18.8 Å². The van der Waals surface area contributed by atoms with Gasteiger partial charge >= 0.3 is 6.18 Å². The van der Waals surface area contributed by atoms with Crippen molar-refractivity contribution < 1.29 is 22.6 Å². The molecular weight excluding hydrogens is 277 g/mol. The number of methoxy groups -OCH3 is 1. The number of aromatic nitrogens is 1. The Morgan fingerprint density at radius 3 is 2.90 bits per heavy atom. The number of aromatic amines is 1. The Bertz CT molecular complexity index is 515. The Morgan fingerprint density at radius 1 is 1.55 bits per heavy atom. The van der Waals surface area contributed by atoms with Gasteiger partial charge in [-0.15, -0.1) is 0 Å². The maximum atomic E-state index is 12.6. The normalized spacial score (nSPS) is 20.9. The molecule has 1 aromatic heterocycles. The van der Waals surface area contributed by atoms with Gasteiger partial charge in [-0.2, -0.15) is 13.2 Å². The lowest BCUT2D eigenvalue weighted by Crippen LogP contribution is -2.48. The third-order valence-corrected chi connectivity index (χ3v) is 3.07. The Labute approximate surface area is 113 Å². The van der Waals surface area contributed by atoms with E-state index in [-0.39, 0.29) is 30.9 Å². The van der Waals surface area contributed by atoms with Crippen LogP contribution in [-0.4, -0.2) is 49.0 Å². The number of alkyl halides is 3. The second-order valence-corrected chi connectivity index (χ2v) is 4.53. The zero-order valence-electron chi connectivity index (χ0n) is 10.9. The first-order chi connectivity index (χ1) is 9.40. The van der Waals surface area contributed by atoms with Crippen LogP contribution in [0, 0.1) is 0 Å². The molecule has 0 saturated carbocycles. The number of hydrogen-bond acceptors (Lipinski definition) is 4. The van der Waals surface area contributed by atoms with E-state index in [0.29, 0.717) is 12.2 Å². The maximum Gasteiger partial charge on any atom is 0.415 e. The zero-order chi connectivity index (χ0) is 14.8. The SMILES string of the molecule is COc1c[nH]c(CN2CCO[C@@H](C(F)(F)F)C2)cc1=O. The van der Waals surface area contributed by atoms with Gasteiger partial charge in [0.1, 0.15) is 0 Å². The molecular formula is C12H15F3N2O3. The highest BCUT2D eigenvalue weighted by atomic mass is 19.4. The highest BCUT2D eigenvalue weighted by Crippen LogP contribution is 2.26. The lowest BCUT2D eigenvalue weighted by Gasteiger charge is -2.33. The van der Waals surface area contributed by atoms with E-state index in [4.69, 9.17) is 9.47 Å². The van der Waals surface area contributed by atoms with Crippen molar-refractivity contribution in [3.63, 3.8) is 0 Å².